The molecule has 0 amide bonds. The van der Waals surface area contributed by atoms with Crippen LogP contribution < -0.4 is 39.4 Å². The first-order valence-electron chi connectivity index (χ1n) is 6.71. The number of carbonyl (C=O) groups is 1. The van der Waals surface area contributed by atoms with Crippen molar-refractivity contribution >= 4 is 17.6 Å². The number of aliphatic hydroxyl groups is 3. The van der Waals surface area contributed by atoms with E-state index < -0.39 is 36.7 Å². The number of rotatable bonds is 4. The van der Waals surface area contributed by atoms with Crippen molar-refractivity contribution in [3.63, 3.8) is 0 Å². The fraction of sp³-hybridized carbons (Fsp3) is 0.429. The Morgan fingerprint density at radius 2 is 1.75 bits per heavy atom. The number of benzene rings is 1. The predicted molar refractivity (Wildman–Crippen MR) is 74.2 cm³/mol. The van der Waals surface area contributed by atoms with E-state index in [1.54, 1.807) is 0 Å². The van der Waals surface area contributed by atoms with E-state index in [2.05, 4.69) is 4.99 Å². The maximum Gasteiger partial charge on any atom is 1.00 e. The molecule has 24 heavy (non-hydrogen) atoms. The van der Waals surface area contributed by atoms with Crippen LogP contribution in [0.15, 0.2) is 29.3 Å². The van der Waals surface area contributed by atoms with Crippen LogP contribution in [-0.2, 0) is 9.53 Å². The molecule has 0 aliphatic carbocycles. The summed E-state index contributed by atoms with van der Waals surface area (Å²) in [5, 5.41) is 48.9. The number of aliphatic carboxylic acids is 1. The fourth-order valence-corrected chi connectivity index (χ4v) is 2.06. The van der Waals surface area contributed by atoms with Crippen LogP contribution in [0.2, 0.25) is 0 Å². The third kappa shape index (κ3) is 4.90. The quantitative estimate of drug-likeness (QED) is 0.241. The molecule has 0 aromatic heterocycles. The minimum absolute atomic E-state index is 0. The molecule has 1 aromatic rings. The molecule has 1 heterocycles. The zero-order valence-electron chi connectivity index (χ0n) is 13.1. The van der Waals surface area contributed by atoms with Crippen molar-refractivity contribution in [2.75, 3.05) is 0 Å². The Bertz CT molecular complexity index is 589. The fourth-order valence-electron chi connectivity index (χ4n) is 2.06. The second-order valence-corrected chi connectivity index (χ2v) is 4.98. The van der Waals surface area contributed by atoms with Crippen molar-refractivity contribution in [1.29, 1.82) is 0 Å². The van der Waals surface area contributed by atoms with Crippen LogP contribution in [0.5, 0.6) is 5.75 Å². The summed E-state index contributed by atoms with van der Waals surface area (Å²) in [6.45, 7) is 1.30. The number of hydrogen-bond donors (Lipinski definition) is 4. The van der Waals surface area contributed by atoms with Gasteiger partial charge in [0.25, 0.3) is 0 Å². The summed E-state index contributed by atoms with van der Waals surface area (Å²) in [4.78, 5) is 14.7. The van der Waals surface area contributed by atoms with Crippen LogP contribution in [0.4, 0.5) is 5.69 Å². The normalized spacial score (nSPS) is 30.3. The largest absolute Gasteiger partial charge is 1.00 e. The predicted octanol–water partition coefficient (Wildman–Crippen LogP) is -4.63. The molecule has 4 N–H and O–H groups in total. The van der Waals surface area contributed by atoms with Crippen LogP contribution in [0.3, 0.4) is 0 Å². The summed E-state index contributed by atoms with van der Waals surface area (Å²) in [5.41, 5.74) is 0.397. The summed E-state index contributed by atoms with van der Waals surface area (Å²) < 4.78 is 10.3. The number of aliphatic hydroxyl groups excluding tert-OH is 3. The molecule has 9 nitrogen and oxygen atoms in total. The number of carboxylic acid groups (broad SMARTS) is 1. The van der Waals surface area contributed by atoms with Crippen molar-refractivity contribution in [2.45, 2.75) is 37.6 Å². The summed E-state index contributed by atoms with van der Waals surface area (Å²) in [6.07, 6.45) is -8.36. The number of carboxylic acids is 1. The molecular formula is C14H16NNaO8. The number of hydrogen-bond acceptors (Lipinski definition) is 8. The van der Waals surface area contributed by atoms with Gasteiger partial charge in [0.05, 0.1) is 5.69 Å². The zero-order valence-corrected chi connectivity index (χ0v) is 15.1. The minimum Gasteiger partial charge on any atom is -0.862 e. The third-order valence-corrected chi connectivity index (χ3v) is 3.19. The zero-order chi connectivity index (χ0) is 17.1. The van der Waals surface area contributed by atoms with Gasteiger partial charge in [-0.1, -0.05) is 0 Å². The van der Waals surface area contributed by atoms with Gasteiger partial charge in [-0.05, 0) is 37.1 Å². The first-order valence-corrected chi connectivity index (χ1v) is 6.71. The average molecular weight is 349 g/mol. The molecule has 5 atom stereocenters. The molecule has 0 bridgehead atoms. The molecule has 1 aliphatic rings. The molecule has 2 rings (SSSR count). The molecule has 0 spiro atoms. The van der Waals surface area contributed by atoms with Crippen molar-refractivity contribution in [3.8, 4) is 5.75 Å². The van der Waals surface area contributed by atoms with E-state index in [4.69, 9.17) is 14.6 Å². The maximum atomic E-state index is 11.0. The van der Waals surface area contributed by atoms with Crippen LogP contribution in [0.25, 0.3) is 0 Å². The Labute approximate surface area is 159 Å². The van der Waals surface area contributed by atoms with E-state index in [9.17, 15) is 25.2 Å². The molecule has 1 saturated heterocycles. The van der Waals surface area contributed by atoms with Gasteiger partial charge in [0.15, 0.2) is 6.10 Å². The van der Waals surface area contributed by atoms with E-state index in [0.29, 0.717) is 5.69 Å². The molecule has 1 aromatic carbocycles. The third-order valence-electron chi connectivity index (χ3n) is 3.19. The first-order chi connectivity index (χ1) is 10.8. The molecular weight excluding hydrogens is 333 g/mol. The molecule has 126 valence electrons. The van der Waals surface area contributed by atoms with Crippen LogP contribution in [0, 0.1) is 0 Å². The van der Waals surface area contributed by atoms with Crippen LogP contribution in [-0.4, -0.2) is 63.0 Å². The molecule has 1 aliphatic heterocycles. The van der Waals surface area contributed by atoms with Gasteiger partial charge in [0.1, 0.15) is 24.1 Å². The van der Waals surface area contributed by atoms with E-state index in [1.807, 2.05) is 0 Å². The van der Waals surface area contributed by atoms with Gasteiger partial charge in [-0.3, -0.25) is 4.99 Å². The second kappa shape index (κ2) is 8.77. The van der Waals surface area contributed by atoms with Crippen molar-refractivity contribution in [2.24, 2.45) is 4.99 Å². The Hall–Kier alpha value is -1.20. The Kier molecular flexibility index (Phi) is 7.61. The van der Waals surface area contributed by atoms with Gasteiger partial charge in [-0.15, -0.1) is 0 Å². The van der Waals surface area contributed by atoms with Gasteiger partial charge in [-0.25, -0.2) is 4.79 Å². The topological polar surface area (TPSA) is 152 Å². The number of nitrogens with zero attached hydrogens (tertiary/aromatic N) is 1. The van der Waals surface area contributed by atoms with Gasteiger partial charge in [0.2, 0.25) is 6.29 Å². The molecule has 0 radical (unpaired) electrons. The SMILES string of the molecule is CC([O-])=Nc1ccc(OC2OC(C(=O)O)C(O)C(O)C2O)cc1.[Na+]. The summed E-state index contributed by atoms with van der Waals surface area (Å²) in [7, 11) is 0. The molecule has 1 fully saturated rings. The number of ether oxygens (including phenoxy) is 2. The monoisotopic (exact) mass is 349 g/mol. The van der Waals surface area contributed by atoms with E-state index in [-0.39, 0.29) is 41.2 Å². The summed E-state index contributed by atoms with van der Waals surface area (Å²) in [5.74, 6) is -1.66. The summed E-state index contributed by atoms with van der Waals surface area (Å²) in [6, 6.07) is 5.83. The number of aliphatic imine (C=N–C) groups is 1. The van der Waals surface area contributed by atoms with Crippen molar-refractivity contribution < 1.29 is 69.4 Å². The van der Waals surface area contributed by atoms with Crippen molar-refractivity contribution in [1.82, 2.24) is 0 Å². The van der Waals surface area contributed by atoms with Gasteiger partial charge < -0.3 is 35.0 Å². The van der Waals surface area contributed by atoms with Crippen LogP contribution >= 0.6 is 0 Å². The standard InChI is InChI=1S/C14H17NO8.Na/c1-6(16)15-7-2-4-8(5-3-7)22-14-11(19)9(17)10(18)12(23-14)13(20)21;/h2-5,9-12,14,17-19H,1H3,(H,15,16)(H,20,21);/q;+1/p-1. The van der Waals surface area contributed by atoms with Gasteiger partial charge >= 0.3 is 35.5 Å². The molecule has 10 heteroatoms. The Balaban J connectivity index is 0.00000288. The maximum absolute atomic E-state index is 11.0. The molecule has 5 unspecified atom stereocenters. The minimum atomic E-state index is -1.78. The second-order valence-electron chi connectivity index (χ2n) is 4.98. The Morgan fingerprint density at radius 3 is 2.25 bits per heavy atom. The van der Waals surface area contributed by atoms with E-state index >= 15 is 0 Å². The average Bonchev–Trinajstić information content (AvgIpc) is 2.48. The summed E-state index contributed by atoms with van der Waals surface area (Å²) >= 11 is 0. The van der Waals surface area contributed by atoms with Gasteiger partial charge in [0, 0.05) is 0 Å². The van der Waals surface area contributed by atoms with Crippen molar-refractivity contribution in [3.05, 3.63) is 24.3 Å². The Morgan fingerprint density at radius 1 is 1.17 bits per heavy atom. The van der Waals surface area contributed by atoms with Crippen LogP contribution in [0.1, 0.15) is 6.92 Å². The van der Waals surface area contributed by atoms with E-state index in [0.717, 1.165) is 0 Å². The first kappa shape index (κ1) is 20.8. The smallest absolute Gasteiger partial charge is 0.862 e. The van der Waals surface area contributed by atoms with E-state index in [1.165, 1.54) is 31.2 Å². The van der Waals surface area contributed by atoms with Gasteiger partial charge in [-0.2, -0.15) is 0 Å². The molecule has 0 saturated carbocycles.